The predicted molar refractivity (Wildman–Crippen MR) is 68.5 cm³/mol. The molecule has 0 unspecified atom stereocenters. The molecule has 0 radical (unpaired) electrons. The maximum atomic E-state index is 11.2. The second-order valence-corrected chi connectivity index (χ2v) is 3.99. The minimum Gasteiger partial charge on any atom is -0.486 e. The van der Waals surface area contributed by atoms with Crippen molar-refractivity contribution in [3.8, 4) is 5.75 Å². The highest BCUT2D eigenvalue weighted by molar-refractivity contribution is 6.29. The van der Waals surface area contributed by atoms with Crippen molar-refractivity contribution >= 4 is 17.5 Å². The molecule has 92 valence electrons. The Bertz CT molecular complexity index is 572. The first kappa shape index (κ1) is 12.4. The summed E-state index contributed by atoms with van der Waals surface area (Å²) in [6.07, 6.45) is 0. The van der Waals surface area contributed by atoms with Crippen LogP contribution in [0.25, 0.3) is 0 Å². The lowest BCUT2D eigenvalue weighted by atomic mass is 10.2. The van der Waals surface area contributed by atoms with Gasteiger partial charge in [-0.25, -0.2) is 4.98 Å². The lowest BCUT2D eigenvalue weighted by Gasteiger charge is -2.08. The molecule has 0 fully saturated rings. The number of nitrogens with two attached hydrogens (primary N) is 1. The van der Waals surface area contributed by atoms with Crippen molar-refractivity contribution in [3.63, 3.8) is 0 Å². The summed E-state index contributed by atoms with van der Waals surface area (Å²) in [4.78, 5) is 15.3. The van der Waals surface area contributed by atoms with Crippen LogP contribution in [0, 0.1) is 0 Å². The first-order valence-electron chi connectivity index (χ1n) is 5.30. The monoisotopic (exact) mass is 262 g/mol. The average molecular weight is 263 g/mol. The summed E-state index contributed by atoms with van der Waals surface area (Å²) >= 11 is 5.77. The average Bonchev–Trinajstić information content (AvgIpc) is 2.37. The van der Waals surface area contributed by atoms with Crippen molar-refractivity contribution in [1.82, 2.24) is 4.98 Å². The highest BCUT2D eigenvalue weighted by atomic mass is 35.5. The molecule has 0 spiro atoms. The topological polar surface area (TPSA) is 65.2 Å². The second-order valence-electron chi connectivity index (χ2n) is 3.60. The number of carbonyl (C=O) groups is 1. The Labute approximate surface area is 109 Å². The molecule has 4 nitrogen and oxygen atoms in total. The number of pyridine rings is 1. The summed E-state index contributed by atoms with van der Waals surface area (Å²) in [6, 6.07) is 12.1. The number of primary amides is 1. The van der Waals surface area contributed by atoms with Crippen LogP contribution in [0.2, 0.25) is 5.15 Å². The van der Waals surface area contributed by atoms with Crippen LogP contribution in [-0.4, -0.2) is 10.9 Å². The number of ether oxygens (including phenoxy) is 1. The lowest BCUT2D eigenvalue weighted by molar-refractivity contribution is 0.0996. The number of amides is 1. The number of rotatable bonds is 4. The summed E-state index contributed by atoms with van der Waals surface area (Å²) in [6.45, 7) is 0.227. The van der Waals surface area contributed by atoms with Gasteiger partial charge in [0.25, 0.3) is 5.91 Å². The SMILES string of the molecule is NC(=O)c1ccccc1OCc1cccc(Cl)n1. The third-order valence-corrected chi connectivity index (χ3v) is 2.51. The highest BCUT2D eigenvalue weighted by Crippen LogP contribution is 2.18. The Morgan fingerprint density at radius 1 is 1.22 bits per heavy atom. The third-order valence-electron chi connectivity index (χ3n) is 2.30. The Balaban J connectivity index is 2.13. The molecule has 0 bridgehead atoms. The fraction of sp³-hybridized carbons (Fsp3) is 0.0769. The van der Waals surface area contributed by atoms with Crippen molar-refractivity contribution in [2.45, 2.75) is 6.61 Å². The van der Waals surface area contributed by atoms with Gasteiger partial charge in [0, 0.05) is 0 Å². The van der Waals surface area contributed by atoms with E-state index < -0.39 is 5.91 Å². The Hall–Kier alpha value is -2.07. The quantitative estimate of drug-likeness (QED) is 0.861. The minimum atomic E-state index is -0.523. The Kier molecular flexibility index (Phi) is 3.79. The predicted octanol–water partition coefficient (Wildman–Crippen LogP) is 2.41. The summed E-state index contributed by atoms with van der Waals surface area (Å²) in [7, 11) is 0. The van der Waals surface area contributed by atoms with Gasteiger partial charge in [0.2, 0.25) is 0 Å². The van der Waals surface area contributed by atoms with Crippen molar-refractivity contribution in [2.75, 3.05) is 0 Å². The van der Waals surface area contributed by atoms with E-state index >= 15 is 0 Å². The maximum Gasteiger partial charge on any atom is 0.252 e. The smallest absolute Gasteiger partial charge is 0.252 e. The molecule has 1 aromatic heterocycles. The van der Waals surface area contributed by atoms with E-state index in [0.29, 0.717) is 22.2 Å². The Morgan fingerprint density at radius 3 is 2.72 bits per heavy atom. The largest absolute Gasteiger partial charge is 0.486 e. The van der Waals surface area contributed by atoms with E-state index in [-0.39, 0.29) is 6.61 Å². The molecular formula is C13H11ClN2O2. The van der Waals surface area contributed by atoms with Gasteiger partial charge in [-0.15, -0.1) is 0 Å². The van der Waals surface area contributed by atoms with Crippen molar-refractivity contribution < 1.29 is 9.53 Å². The summed E-state index contributed by atoms with van der Waals surface area (Å²) in [5.41, 5.74) is 6.28. The first-order valence-corrected chi connectivity index (χ1v) is 5.67. The number of aromatic nitrogens is 1. The van der Waals surface area contributed by atoms with Gasteiger partial charge >= 0.3 is 0 Å². The molecule has 2 N–H and O–H groups in total. The molecule has 1 amide bonds. The van der Waals surface area contributed by atoms with E-state index in [1.165, 1.54) is 0 Å². The van der Waals surface area contributed by atoms with Gasteiger partial charge in [0.1, 0.15) is 17.5 Å². The standard InChI is InChI=1S/C13H11ClN2O2/c14-12-7-3-4-9(16-12)8-18-11-6-2-1-5-10(11)13(15)17/h1-7H,8H2,(H2,15,17). The molecular weight excluding hydrogens is 252 g/mol. The van der Waals surface area contributed by atoms with Gasteiger partial charge in [-0.1, -0.05) is 29.8 Å². The molecule has 2 rings (SSSR count). The summed E-state index contributed by atoms with van der Waals surface area (Å²) in [5, 5.41) is 0.402. The molecule has 2 aromatic rings. The minimum absolute atomic E-state index is 0.227. The zero-order valence-corrected chi connectivity index (χ0v) is 10.2. The van der Waals surface area contributed by atoms with Crippen molar-refractivity contribution in [2.24, 2.45) is 5.73 Å². The fourth-order valence-electron chi connectivity index (χ4n) is 1.48. The molecule has 0 aliphatic rings. The van der Waals surface area contributed by atoms with E-state index in [4.69, 9.17) is 22.1 Å². The van der Waals surface area contributed by atoms with Crippen LogP contribution < -0.4 is 10.5 Å². The molecule has 18 heavy (non-hydrogen) atoms. The van der Waals surface area contributed by atoms with Crippen LogP contribution in [0.15, 0.2) is 42.5 Å². The van der Waals surface area contributed by atoms with E-state index in [1.807, 2.05) is 0 Å². The van der Waals surface area contributed by atoms with Gasteiger partial charge < -0.3 is 10.5 Å². The third kappa shape index (κ3) is 2.99. The highest BCUT2D eigenvalue weighted by Gasteiger charge is 2.08. The number of benzene rings is 1. The van der Waals surface area contributed by atoms with Gasteiger partial charge in [-0.3, -0.25) is 4.79 Å². The molecule has 5 heteroatoms. The first-order chi connectivity index (χ1) is 8.66. The van der Waals surface area contributed by atoms with E-state index in [1.54, 1.807) is 42.5 Å². The summed E-state index contributed by atoms with van der Waals surface area (Å²) in [5.74, 6) is -0.0866. The molecule has 0 saturated carbocycles. The van der Waals surface area contributed by atoms with Gasteiger partial charge in [0.15, 0.2) is 0 Å². The Morgan fingerprint density at radius 2 is 2.00 bits per heavy atom. The number of halogens is 1. The normalized spacial score (nSPS) is 10.1. The summed E-state index contributed by atoms with van der Waals surface area (Å²) < 4.78 is 5.52. The van der Waals surface area contributed by atoms with Gasteiger partial charge in [-0.05, 0) is 24.3 Å². The molecule has 0 aliphatic heterocycles. The number of carbonyl (C=O) groups excluding carboxylic acids is 1. The molecule has 0 atom stereocenters. The van der Waals surface area contributed by atoms with E-state index in [0.717, 1.165) is 0 Å². The van der Waals surface area contributed by atoms with Crippen LogP contribution in [0.1, 0.15) is 16.1 Å². The zero-order valence-electron chi connectivity index (χ0n) is 9.47. The molecule has 0 saturated heterocycles. The molecule has 1 aromatic carbocycles. The number of hydrogen-bond acceptors (Lipinski definition) is 3. The van der Waals surface area contributed by atoms with E-state index in [9.17, 15) is 4.79 Å². The van der Waals surface area contributed by atoms with Gasteiger partial charge in [0.05, 0.1) is 11.3 Å². The van der Waals surface area contributed by atoms with Crippen LogP contribution in [0.4, 0.5) is 0 Å². The van der Waals surface area contributed by atoms with Gasteiger partial charge in [-0.2, -0.15) is 0 Å². The second kappa shape index (κ2) is 5.51. The zero-order chi connectivity index (χ0) is 13.0. The van der Waals surface area contributed by atoms with Crippen molar-refractivity contribution in [1.29, 1.82) is 0 Å². The number of nitrogens with zero attached hydrogens (tertiary/aromatic N) is 1. The number of para-hydroxylation sites is 1. The fourth-order valence-corrected chi connectivity index (χ4v) is 1.66. The van der Waals surface area contributed by atoms with Crippen LogP contribution in [0.5, 0.6) is 5.75 Å². The molecule has 1 heterocycles. The van der Waals surface area contributed by atoms with Crippen LogP contribution in [-0.2, 0) is 6.61 Å². The number of hydrogen-bond donors (Lipinski definition) is 1. The van der Waals surface area contributed by atoms with E-state index in [2.05, 4.69) is 4.98 Å². The maximum absolute atomic E-state index is 11.2. The van der Waals surface area contributed by atoms with Crippen LogP contribution >= 0.6 is 11.6 Å². The van der Waals surface area contributed by atoms with Crippen LogP contribution in [0.3, 0.4) is 0 Å². The lowest BCUT2D eigenvalue weighted by Crippen LogP contribution is -2.13. The van der Waals surface area contributed by atoms with Crippen molar-refractivity contribution in [3.05, 3.63) is 58.9 Å². The molecule has 0 aliphatic carbocycles.